The van der Waals surface area contributed by atoms with Gasteiger partial charge in [-0.25, -0.2) is 0 Å². The molecule has 2 aromatic rings. The van der Waals surface area contributed by atoms with Crippen molar-refractivity contribution in [2.45, 2.75) is 52.7 Å². The van der Waals surface area contributed by atoms with Crippen molar-refractivity contribution in [3.8, 4) is 17.2 Å². The third kappa shape index (κ3) is 5.18. The minimum atomic E-state index is -0.545. The van der Waals surface area contributed by atoms with Gasteiger partial charge < -0.3 is 19.5 Å². The van der Waals surface area contributed by atoms with Crippen LogP contribution >= 0.6 is 0 Å². The maximum atomic E-state index is 12.9. The van der Waals surface area contributed by atoms with Crippen LogP contribution in [0.4, 0.5) is 0 Å². The summed E-state index contributed by atoms with van der Waals surface area (Å²) in [4.78, 5) is 12.9. The second-order valence-corrected chi connectivity index (χ2v) is 6.84. The van der Waals surface area contributed by atoms with Crippen LogP contribution < -0.4 is 19.5 Å². The standard InChI is InChI=1S/C23H31NO4/c1-7-19(17-10-12-21(26-5)22(14-17)27-6)24-23(25)20(8-2)28-18-11-9-15(3)16(4)13-18/h9-14,19-20H,7-8H2,1-6H3,(H,24,25)/t19-,20-/m1/s1. The molecule has 1 amide bonds. The van der Waals surface area contributed by atoms with E-state index in [-0.39, 0.29) is 11.9 Å². The summed E-state index contributed by atoms with van der Waals surface area (Å²) in [5.41, 5.74) is 3.31. The molecular weight excluding hydrogens is 354 g/mol. The van der Waals surface area contributed by atoms with E-state index in [1.807, 2.05) is 57.2 Å². The Labute approximate surface area is 168 Å². The first-order valence-corrected chi connectivity index (χ1v) is 9.69. The Kier molecular flexibility index (Phi) is 7.73. The molecule has 0 unspecified atom stereocenters. The molecule has 0 heterocycles. The molecule has 2 rings (SSSR count). The lowest BCUT2D eigenvalue weighted by atomic mass is 10.0. The van der Waals surface area contributed by atoms with E-state index in [2.05, 4.69) is 12.2 Å². The second-order valence-electron chi connectivity index (χ2n) is 6.84. The van der Waals surface area contributed by atoms with Crippen LogP contribution in [0.5, 0.6) is 17.2 Å². The number of hydrogen-bond donors (Lipinski definition) is 1. The molecule has 28 heavy (non-hydrogen) atoms. The Hall–Kier alpha value is -2.69. The zero-order valence-electron chi connectivity index (χ0n) is 17.7. The average Bonchev–Trinajstić information content (AvgIpc) is 2.71. The zero-order chi connectivity index (χ0) is 20.7. The number of methoxy groups -OCH3 is 2. The number of aryl methyl sites for hydroxylation is 2. The SMILES string of the molecule is CC[C@@H](Oc1ccc(C)c(C)c1)C(=O)N[C@H](CC)c1ccc(OC)c(OC)c1. The van der Waals surface area contributed by atoms with Crippen molar-refractivity contribution in [1.82, 2.24) is 5.32 Å². The molecule has 0 aliphatic heterocycles. The Bertz CT molecular complexity index is 803. The Morgan fingerprint density at radius 3 is 2.21 bits per heavy atom. The molecule has 2 atom stereocenters. The molecule has 0 spiro atoms. The highest BCUT2D eigenvalue weighted by Crippen LogP contribution is 2.31. The molecule has 1 N–H and O–H groups in total. The average molecular weight is 386 g/mol. The van der Waals surface area contributed by atoms with Gasteiger partial charge in [-0.1, -0.05) is 26.0 Å². The molecule has 0 aromatic heterocycles. The summed E-state index contributed by atoms with van der Waals surface area (Å²) in [6.45, 7) is 8.07. The fourth-order valence-corrected chi connectivity index (χ4v) is 3.03. The van der Waals surface area contributed by atoms with E-state index in [1.54, 1.807) is 14.2 Å². The van der Waals surface area contributed by atoms with Crippen molar-refractivity contribution >= 4 is 5.91 Å². The lowest BCUT2D eigenvalue weighted by molar-refractivity contribution is -0.128. The number of rotatable bonds is 9. The highest BCUT2D eigenvalue weighted by Gasteiger charge is 2.22. The first-order valence-electron chi connectivity index (χ1n) is 9.69. The molecule has 152 valence electrons. The van der Waals surface area contributed by atoms with E-state index < -0.39 is 6.10 Å². The van der Waals surface area contributed by atoms with Crippen molar-refractivity contribution < 1.29 is 19.0 Å². The molecular formula is C23H31NO4. The van der Waals surface area contributed by atoms with E-state index in [0.29, 0.717) is 23.7 Å². The van der Waals surface area contributed by atoms with Gasteiger partial charge >= 0.3 is 0 Å². The predicted octanol–water partition coefficient (Wildman–Crippen LogP) is 4.75. The largest absolute Gasteiger partial charge is 0.493 e. The number of amides is 1. The molecule has 0 bridgehead atoms. The predicted molar refractivity (Wildman–Crippen MR) is 111 cm³/mol. The molecule has 0 radical (unpaired) electrons. The van der Waals surface area contributed by atoms with Crippen LogP contribution in [0.2, 0.25) is 0 Å². The van der Waals surface area contributed by atoms with Crippen LogP contribution in [0.25, 0.3) is 0 Å². The minimum Gasteiger partial charge on any atom is -0.493 e. The highest BCUT2D eigenvalue weighted by molar-refractivity contribution is 5.81. The van der Waals surface area contributed by atoms with Crippen LogP contribution in [-0.4, -0.2) is 26.2 Å². The third-order valence-corrected chi connectivity index (χ3v) is 4.95. The van der Waals surface area contributed by atoms with Crippen LogP contribution in [0, 0.1) is 13.8 Å². The third-order valence-electron chi connectivity index (χ3n) is 4.95. The minimum absolute atomic E-state index is 0.123. The first-order chi connectivity index (χ1) is 13.4. The smallest absolute Gasteiger partial charge is 0.261 e. The van der Waals surface area contributed by atoms with Crippen LogP contribution in [0.3, 0.4) is 0 Å². The van der Waals surface area contributed by atoms with Gasteiger partial charge in [-0.05, 0) is 67.6 Å². The van der Waals surface area contributed by atoms with Gasteiger partial charge in [-0.3, -0.25) is 4.79 Å². The lowest BCUT2D eigenvalue weighted by Crippen LogP contribution is -2.40. The summed E-state index contributed by atoms with van der Waals surface area (Å²) in [5, 5.41) is 3.11. The number of hydrogen-bond acceptors (Lipinski definition) is 4. The summed E-state index contributed by atoms with van der Waals surface area (Å²) >= 11 is 0. The second kappa shape index (κ2) is 10.0. The van der Waals surface area contributed by atoms with Gasteiger partial charge in [-0.2, -0.15) is 0 Å². The number of carbonyl (C=O) groups excluding carboxylic acids is 1. The topological polar surface area (TPSA) is 56.8 Å². The summed E-state index contributed by atoms with van der Waals surface area (Å²) < 4.78 is 16.6. The van der Waals surface area contributed by atoms with Crippen molar-refractivity contribution in [2.24, 2.45) is 0 Å². The summed E-state index contributed by atoms with van der Waals surface area (Å²) in [6, 6.07) is 11.4. The van der Waals surface area contributed by atoms with Gasteiger partial charge in [0.05, 0.1) is 20.3 Å². The molecule has 0 saturated carbocycles. The van der Waals surface area contributed by atoms with Crippen molar-refractivity contribution in [1.29, 1.82) is 0 Å². The van der Waals surface area contributed by atoms with Crippen molar-refractivity contribution in [3.05, 3.63) is 53.1 Å². The lowest BCUT2D eigenvalue weighted by Gasteiger charge is -2.23. The molecule has 0 saturated heterocycles. The van der Waals surface area contributed by atoms with E-state index in [0.717, 1.165) is 17.5 Å². The fourth-order valence-electron chi connectivity index (χ4n) is 3.03. The highest BCUT2D eigenvalue weighted by atomic mass is 16.5. The van der Waals surface area contributed by atoms with E-state index in [1.165, 1.54) is 5.56 Å². The van der Waals surface area contributed by atoms with Gasteiger partial charge in [0.1, 0.15) is 5.75 Å². The van der Waals surface area contributed by atoms with Crippen molar-refractivity contribution in [3.63, 3.8) is 0 Å². The summed E-state index contributed by atoms with van der Waals surface area (Å²) in [7, 11) is 3.21. The van der Waals surface area contributed by atoms with E-state index in [9.17, 15) is 4.79 Å². The van der Waals surface area contributed by atoms with Gasteiger partial charge in [0.2, 0.25) is 0 Å². The fraction of sp³-hybridized carbons (Fsp3) is 0.435. The Morgan fingerprint density at radius 1 is 0.929 bits per heavy atom. The Morgan fingerprint density at radius 2 is 1.64 bits per heavy atom. The van der Waals surface area contributed by atoms with Crippen molar-refractivity contribution in [2.75, 3.05) is 14.2 Å². The molecule has 5 nitrogen and oxygen atoms in total. The normalized spacial score (nSPS) is 12.8. The zero-order valence-corrected chi connectivity index (χ0v) is 17.7. The molecule has 0 aliphatic rings. The van der Waals surface area contributed by atoms with E-state index in [4.69, 9.17) is 14.2 Å². The van der Waals surface area contributed by atoms with Gasteiger partial charge in [-0.15, -0.1) is 0 Å². The van der Waals surface area contributed by atoms with Crippen LogP contribution in [0.1, 0.15) is 49.4 Å². The maximum absolute atomic E-state index is 12.9. The molecule has 2 aromatic carbocycles. The molecule has 0 aliphatic carbocycles. The number of nitrogens with one attached hydrogen (secondary N) is 1. The van der Waals surface area contributed by atoms with Crippen LogP contribution in [0.15, 0.2) is 36.4 Å². The number of ether oxygens (including phenoxy) is 3. The number of benzene rings is 2. The van der Waals surface area contributed by atoms with Crippen LogP contribution in [-0.2, 0) is 4.79 Å². The molecule has 0 fully saturated rings. The van der Waals surface area contributed by atoms with Gasteiger partial charge in [0.15, 0.2) is 17.6 Å². The maximum Gasteiger partial charge on any atom is 0.261 e. The van der Waals surface area contributed by atoms with Gasteiger partial charge in [0.25, 0.3) is 5.91 Å². The van der Waals surface area contributed by atoms with E-state index >= 15 is 0 Å². The van der Waals surface area contributed by atoms with Gasteiger partial charge in [0, 0.05) is 0 Å². The quantitative estimate of drug-likeness (QED) is 0.677. The monoisotopic (exact) mass is 385 g/mol. The number of carbonyl (C=O) groups is 1. The Balaban J connectivity index is 2.13. The summed E-state index contributed by atoms with van der Waals surface area (Å²) in [6.07, 6.45) is 0.791. The summed E-state index contributed by atoms with van der Waals surface area (Å²) in [5.74, 6) is 1.90. The molecule has 5 heteroatoms. The first kappa shape index (κ1) is 21.6.